The third kappa shape index (κ3) is 4.42. The molecule has 0 saturated carbocycles. The molecule has 6 heteroatoms. The van der Waals surface area contributed by atoms with Crippen LogP contribution in [0.4, 0.5) is 0 Å². The second-order valence-corrected chi connectivity index (χ2v) is 3.87. The van der Waals surface area contributed by atoms with Gasteiger partial charge in [-0.15, -0.1) is 0 Å². The van der Waals surface area contributed by atoms with Crippen molar-refractivity contribution in [2.45, 2.75) is 12.5 Å². The van der Waals surface area contributed by atoms with Crippen LogP contribution in [0.15, 0.2) is 24.3 Å². The van der Waals surface area contributed by atoms with Crippen LogP contribution in [-0.4, -0.2) is 36.6 Å². The molecule has 98 valence electrons. The van der Waals surface area contributed by atoms with Crippen LogP contribution in [-0.2, 0) is 16.0 Å². The molecule has 0 unspecified atom stereocenters. The van der Waals surface area contributed by atoms with Gasteiger partial charge in [-0.05, 0) is 24.1 Å². The summed E-state index contributed by atoms with van der Waals surface area (Å²) in [6, 6.07) is 5.73. The first-order valence-corrected chi connectivity index (χ1v) is 5.54. The number of phenolic OH excluding ortho intramolecular Hbond substituents is 1. The van der Waals surface area contributed by atoms with E-state index >= 15 is 0 Å². The van der Waals surface area contributed by atoms with Crippen LogP contribution < -0.4 is 16.4 Å². The van der Waals surface area contributed by atoms with Gasteiger partial charge in [-0.3, -0.25) is 9.59 Å². The summed E-state index contributed by atoms with van der Waals surface area (Å²) in [5, 5.41) is 13.9. The van der Waals surface area contributed by atoms with E-state index in [0.29, 0.717) is 6.42 Å². The number of benzene rings is 1. The van der Waals surface area contributed by atoms with Crippen molar-refractivity contribution in [3.05, 3.63) is 29.8 Å². The molecule has 5 N–H and O–H groups in total. The van der Waals surface area contributed by atoms with E-state index in [1.165, 1.54) is 19.2 Å². The van der Waals surface area contributed by atoms with Crippen molar-refractivity contribution in [2.75, 3.05) is 13.6 Å². The van der Waals surface area contributed by atoms with Crippen LogP contribution >= 0.6 is 0 Å². The number of carbonyl (C=O) groups is 2. The third-order valence-corrected chi connectivity index (χ3v) is 2.43. The molecule has 6 nitrogen and oxygen atoms in total. The van der Waals surface area contributed by atoms with Crippen molar-refractivity contribution in [3.8, 4) is 5.75 Å². The Labute approximate surface area is 105 Å². The summed E-state index contributed by atoms with van der Waals surface area (Å²) < 4.78 is 0. The number of nitrogens with one attached hydrogen (secondary N) is 2. The standard InChI is InChI=1S/C12H17N3O3/c1-14-11(17)7-15-12(18)10(13)6-8-2-4-9(16)5-3-8/h2-5,10,16H,6-7,13H2,1H3,(H,14,17)(H,15,18)/t10-/m0/s1. The summed E-state index contributed by atoms with van der Waals surface area (Å²) in [6.45, 7) is -0.0847. The SMILES string of the molecule is CNC(=O)CNC(=O)[C@@H](N)Cc1ccc(O)cc1. The van der Waals surface area contributed by atoms with Crippen LogP contribution in [0.5, 0.6) is 5.75 Å². The number of aromatic hydroxyl groups is 1. The number of likely N-dealkylation sites (N-methyl/N-ethyl adjacent to an activating group) is 1. The maximum Gasteiger partial charge on any atom is 0.239 e. The Hall–Kier alpha value is -2.08. The highest BCUT2D eigenvalue weighted by Gasteiger charge is 2.14. The summed E-state index contributed by atoms with van der Waals surface area (Å²) >= 11 is 0. The molecule has 0 fully saturated rings. The van der Waals surface area contributed by atoms with Crippen molar-refractivity contribution in [1.82, 2.24) is 10.6 Å². The van der Waals surface area contributed by atoms with Crippen molar-refractivity contribution in [1.29, 1.82) is 0 Å². The van der Waals surface area contributed by atoms with E-state index < -0.39 is 6.04 Å². The molecule has 1 aromatic rings. The quantitative estimate of drug-likeness (QED) is 0.545. The number of hydrogen-bond acceptors (Lipinski definition) is 4. The van der Waals surface area contributed by atoms with Crippen LogP contribution in [0.3, 0.4) is 0 Å². The summed E-state index contributed by atoms with van der Waals surface area (Å²) in [6.07, 6.45) is 0.347. The van der Waals surface area contributed by atoms with Gasteiger partial charge in [0, 0.05) is 7.05 Å². The molecule has 0 spiro atoms. The Morgan fingerprint density at radius 1 is 1.33 bits per heavy atom. The normalized spacial score (nSPS) is 11.7. The monoisotopic (exact) mass is 251 g/mol. The predicted molar refractivity (Wildman–Crippen MR) is 66.9 cm³/mol. The van der Waals surface area contributed by atoms with E-state index in [2.05, 4.69) is 10.6 Å². The van der Waals surface area contributed by atoms with Crippen LogP contribution in [0, 0.1) is 0 Å². The fourth-order valence-electron chi connectivity index (χ4n) is 1.37. The van der Waals surface area contributed by atoms with Crippen LogP contribution in [0.2, 0.25) is 0 Å². The minimum atomic E-state index is -0.723. The molecule has 0 saturated heterocycles. The van der Waals surface area contributed by atoms with Gasteiger partial charge < -0.3 is 21.5 Å². The molecule has 0 radical (unpaired) electrons. The summed E-state index contributed by atoms with van der Waals surface area (Å²) in [5.74, 6) is -0.497. The maximum atomic E-state index is 11.6. The van der Waals surface area contributed by atoms with E-state index in [1.807, 2.05) is 0 Å². The van der Waals surface area contributed by atoms with Gasteiger partial charge in [0.05, 0.1) is 12.6 Å². The number of phenols is 1. The van der Waals surface area contributed by atoms with Crippen molar-refractivity contribution in [2.24, 2.45) is 5.73 Å². The molecule has 18 heavy (non-hydrogen) atoms. The summed E-state index contributed by atoms with van der Waals surface area (Å²) in [7, 11) is 1.49. The van der Waals surface area contributed by atoms with Gasteiger partial charge in [-0.1, -0.05) is 12.1 Å². The molecule has 2 amide bonds. The van der Waals surface area contributed by atoms with Gasteiger partial charge in [0.2, 0.25) is 11.8 Å². The smallest absolute Gasteiger partial charge is 0.239 e. The van der Waals surface area contributed by atoms with Crippen LogP contribution in [0.1, 0.15) is 5.56 Å². The van der Waals surface area contributed by atoms with Gasteiger partial charge in [0.25, 0.3) is 0 Å². The highest BCUT2D eigenvalue weighted by molar-refractivity contribution is 5.87. The number of nitrogens with two attached hydrogens (primary N) is 1. The zero-order valence-corrected chi connectivity index (χ0v) is 10.1. The fourth-order valence-corrected chi connectivity index (χ4v) is 1.37. The van der Waals surface area contributed by atoms with Gasteiger partial charge in [0.15, 0.2) is 0 Å². The maximum absolute atomic E-state index is 11.6. The van der Waals surface area contributed by atoms with E-state index in [4.69, 9.17) is 10.8 Å². The van der Waals surface area contributed by atoms with E-state index in [-0.39, 0.29) is 24.1 Å². The zero-order valence-electron chi connectivity index (χ0n) is 10.1. The Morgan fingerprint density at radius 3 is 2.50 bits per heavy atom. The van der Waals surface area contributed by atoms with E-state index in [0.717, 1.165) is 5.56 Å². The van der Waals surface area contributed by atoms with E-state index in [1.54, 1.807) is 12.1 Å². The predicted octanol–water partition coefficient (Wildman–Crippen LogP) is -0.876. The van der Waals surface area contributed by atoms with Gasteiger partial charge >= 0.3 is 0 Å². The molecular weight excluding hydrogens is 234 g/mol. The van der Waals surface area contributed by atoms with Crippen molar-refractivity contribution in [3.63, 3.8) is 0 Å². The minimum Gasteiger partial charge on any atom is -0.508 e. The highest BCUT2D eigenvalue weighted by Crippen LogP contribution is 2.10. The molecule has 1 atom stereocenters. The molecule has 1 aromatic carbocycles. The average molecular weight is 251 g/mol. The Bertz CT molecular complexity index is 417. The lowest BCUT2D eigenvalue weighted by atomic mass is 10.1. The summed E-state index contributed by atoms with van der Waals surface area (Å²) in [4.78, 5) is 22.5. The molecule has 0 bridgehead atoms. The Balaban J connectivity index is 2.44. The number of hydrogen-bond donors (Lipinski definition) is 4. The molecule has 0 heterocycles. The molecule has 1 rings (SSSR count). The number of rotatable bonds is 5. The average Bonchev–Trinajstić information content (AvgIpc) is 2.38. The zero-order chi connectivity index (χ0) is 13.5. The van der Waals surface area contributed by atoms with Gasteiger partial charge in [-0.25, -0.2) is 0 Å². The highest BCUT2D eigenvalue weighted by atomic mass is 16.3. The van der Waals surface area contributed by atoms with Crippen molar-refractivity contribution >= 4 is 11.8 Å². The Morgan fingerprint density at radius 2 is 1.94 bits per heavy atom. The summed E-state index contributed by atoms with van der Waals surface area (Å²) in [5.41, 5.74) is 6.55. The number of amides is 2. The fraction of sp³-hybridized carbons (Fsp3) is 0.333. The molecule has 0 aliphatic heterocycles. The minimum absolute atomic E-state index is 0.0847. The van der Waals surface area contributed by atoms with Crippen molar-refractivity contribution < 1.29 is 14.7 Å². The lowest BCUT2D eigenvalue weighted by molar-refractivity contribution is -0.126. The molecule has 0 aromatic heterocycles. The topological polar surface area (TPSA) is 104 Å². The lowest BCUT2D eigenvalue weighted by Gasteiger charge is -2.11. The number of carbonyl (C=O) groups excluding carboxylic acids is 2. The van der Waals surface area contributed by atoms with Crippen LogP contribution in [0.25, 0.3) is 0 Å². The molecular formula is C12H17N3O3. The second-order valence-electron chi connectivity index (χ2n) is 3.87. The lowest BCUT2D eigenvalue weighted by Crippen LogP contribution is -2.45. The first kappa shape index (κ1) is 14.0. The first-order valence-electron chi connectivity index (χ1n) is 5.54. The van der Waals surface area contributed by atoms with Gasteiger partial charge in [-0.2, -0.15) is 0 Å². The molecule has 0 aliphatic carbocycles. The largest absolute Gasteiger partial charge is 0.508 e. The Kier molecular flexibility index (Phi) is 5.13. The van der Waals surface area contributed by atoms with Gasteiger partial charge in [0.1, 0.15) is 5.75 Å². The van der Waals surface area contributed by atoms with E-state index in [9.17, 15) is 9.59 Å². The molecule has 0 aliphatic rings. The second kappa shape index (κ2) is 6.61. The first-order chi connectivity index (χ1) is 8.52. The third-order valence-electron chi connectivity index (χ3n) is 2.43.